The highest BCUT2D eigenvalue weighted by Gasteiger charge is 2.22. The van der Waals surface area contributed by atoms with Gasteiger partial charge in [0.1, 0.15) is 12.4 Å². The number of nitrogens with one attached hydrogen (secondary N) is 2. The van der Waals surface area contributed by atoms with E-state index in [0.717, 1.165) is 37.7 Å². The van der Waals surface area contributed by atoms with Crippen LogP contribution in [-0.4, -0.2) is 36.2 Å². The minimum absolute atomic E-state index is 0.285. The summed E-state index contributed by atoms with van der Waals surface area (Å²) in [6, 6.07) is 14.6. The summed E-state index contributed by atoms with van der Waals surface area (Å²) >= 11 is 11.3. The van der Waals surface area contributed by atoms with Crippen LogP contribution in [0.3, 0.4) is 0 Å². The number of para-hydroxylation sites is 1. The summed E-state index contributed by atoms with van der Waals surface area (Å²) in [5.41, 5.74) is 1.72. The molecule has 0 saturated carbocycles. The molecule has 0 radical (unpaired) electrons. The number of benzene rings is 2. The summed E-state index contributed by atoms with van der Waals surface area (Å²) in [5, 5.41) is 4.36. The molecular weight excluding hydrogens is 345 g/mol. The summed E-state index contributed by atoms with van der Waals surface area (Å²) < 4.78 is 13.7. The van der Waals surface area contributed by atoms with Gasteiger partial charge in [-0.05, 0) is 36.5 Å². The number of anilines is 1. The highest BCUT2D eigenvalue weighted by Crippen LogP contribution is 2.13. The molecule has 2 aromatic carbocycles. The first-order valence-electron chi connectivity index (χ1n) is 8.00. The first kappa shape index (κ1) is 17.1. The molecular formula is C18H20ClFN3S+. The topological polar surface area (TPSA) is 19.7 Å². The Hall–Kier alpha value is -1.69. The lowest BCUT2D eigenvalue weighted by Crippen LogP contribution is -3.13. The van der Waals surface area contributed by atoms with Crippen molar-refractivity contribution in [2.75, 3.05) is 31.5 Å². The summed E-state index contributed by atoms with van der Waals surface area (Å²) in [4.78, 5) is 3.62. The van der Waals surface area contributed by atoms with E-state index in [9.17, 15) is 4.39 Å². The molecule has 1 aliphatic rings. The number of halogens is 2. The number of thiocarbonyl (C=S) groups is 1. The lowest BCUT2D eigenvalue weighted by Gasteiger charge is -2.34. The Morgan fingerprint density at radius 1 is 1.12 bits per heavy atom. The van der Waals surface area contributed by atoms with Crippen LogP contribution < -0.4 is 10.2 Å². The molecule has 0 aliphatic carbocycles. The molecule has 0 spiro atoms. The number of nitrogens with zero attached hydrogens (tertiary/aromatic N) is 1. The Morgan fingerprint density at radius 2 is 1.79 bits per heavy atom. The van der Waals surface area contributed by atoms with E-state index in [4.69, 9.17) is 23.8 Å². The van der Waals surface area contributed by atoms with Crippen molar-refractivity contribution in [2.24, 2.45) is 0 Å². The first-order chi connectivity index (χ1) is 11.6. The third-order valence-corrected chi connectivity index (χ3v) is 4.85. The second-order valence-electron chi connectivity index (χ2n) is 5.95. The van der Waals surface area contributed by atoms with Gasteiger partial charge in [0, 0.05) is 10.6 Å². The van der Waals surface area contributed by atoms with Gasteiger partial charge in [0.15, 0.2) is 5.11 Å². The van der Waals surface area contributed by atoms with Crippen molar-refractivity contribution in [1.29, 1.82) is 0 Å². The summed E-state index contributed by atoms with van der Waals surface area (Å²) in [5.74, 6) is -0.285. The molecule has 3 nitrogen and oxygen atoms in total. The van der Waals surface area contributed by atoms with Gasteiger partial charge >= 0.3 is 0 Å². The fraction of sp³-hybridized carbons (Fsp3) is 0.278. The molecule has 1 saturated heterocycles. The van der Waals surface area contributed by atoms with Gasteiger partial charge in [-0.25, -0.2) is 4.39 Å². The quantitative estimate of drug-likeness (QED) is 0.817. The highest BCUT2D eigenvalue weighted by atomic mass is 35.5. The molecule has 0 bridgehead atoms. The van der Waals surface area contributed by atoms with Crippen molar-refractivity contribution in [2.45, 2.75) is 6.54 Å². The van der Waals surface area contributed by atoms with Crippen LogP contribution in [0.4, 0.5) is 10.1 Å². The van der Waals surface area contributed by atoms with Crippen molar-refractivity contribution in [3.8, 4) is 0 Å². The third-order valence-electron chi connectivity index (χ3n) is 4.24. The fourth-order valence-corrected chi connectivity index (χ4v) is 3.27. The molecule has 1 fully saturated rings. The van der Waals surface area contributed by atoms with Crippen LogP contribution in [0.1, 0.15) is 5.56 Å². The van der Waals surface area contributed by atoms with Gasteiger partial charge in [0.05, 0.1) is 31.9 Å². The molecule has 1 aliphatic heterocycles. The van der Waals surface area contributed by atoms with Crippen molar-refractivity contribution >= 4 is 34.6 Å². The molecule has 0 atom stereocenters. The fourth-order valence-electron chi connectivity index (χ4n) is 2.85. The Morgan fingerprint density at radius 3 is 2.46 bits per heavy atom. The van der Waals surface area contributed by atoms with Crippen LogP contribution in [0.15, 0.2) is 48.5 Å². The number of hydrogen-bond donors (Lipinski definition) is 2. The van der Waals surface area contributed by atoms with Gasteiger partial charge in [-0.1, -0.05) is 35.9 Å². The second-order valence-corrected chi connectivity index (χ2v) is 6.77. The molecule has 1 heterocycles. The van der Waals surface area contributed by atoms with Crippen LogP contribution in [0.5, 0.6) is 0 Å². The minimum atomic E-state index is -0.285. The zero-order valence-electron chi connectivity index (χ0n) is 13.3. The molecule has 2 N–H and O–H groups in total. The Bertz CT molecular complexity index is 700. The number of hydrogen-bond acceptors (Lipinski definition) is 1. The van der Waals surface area contributed by atoms with E-state index < -0.39 is 0 Å². The predicted molar refractivity (Wildman–Crippen MR) is 100 cm³/mol. The molecule has 0 unspecified atom stereocenters. The molecule has 2 aromatic rings. The van der Waals surface area contributed by atoms with Crippen LogP contribution in [-0.2, 0) is 6.54 Å². The maximum Gasteiger partial charge on any atom is 0.173 e. The predicted octanol–water partition coefficient (Wildman–Crippen LogP) is 2.58. The van der Waals surface area contributed by atoms with Crippen molar-refractivity contribution in [1.82, 2.24) is 4.90 Å². The van der Waals surface area contributed by atoms with Gasteiger partial charge in [0.2, 0.25) is 0 Å². The van der Waals surface area contributed by atoms with Gasteiger partial charge in [-0.2, -0.15) is 0 Å². The Kier molecular flexibility index (Phi) is 5.66. The molecule has 126 valence electrons. The molecule has 0 amide bonds. The Balaban J connectivity index is 1.50. The Labute approximate surface area is 152 Å². The lowest BCUT2D eigenvalue weighted by atomic mass is 10.2. The van der Waals surface area contributed by atoms with Crippen molar-refractivity contribution in [3.05, 3.63) is 64.9 Å². The monoisotopic (exact) mass is 364 g/mol. The van der Waals surface area contributed by atoms with Crippen molar-refractivity contribution in [3.63, 3.8) is 0 Å². The number of quaternary nitrogens is 1. The van der Waals surface area contributed by atoms with E-state index in [2.05, 4.69) is 22.3 Å². The molecule has 24 heavy (non-hydrogen) atoms. The van der Waals surface area contributed by atoms with E-state index in [0.29, 0.717) is 10.8 Å². The van der Waals surface area contributed by atoms with Gasteiger partial charge in [-0.3, -0.25) is 0 Å². The van der Waals surface area contributed by atoms with Gasteiger partial charge < -0.3 is 15.1 Å². The first-order valence-corrected chi connectivity index (χ1v) is 8.79. The van der Waals surface area contributed by atoms with E-state index in [1.165, 1.54) is 16.5 Å². The SMILES string of the molecule is Fc1ccccc1NC(=S)N1CC[NH+](Cc2ccc(Cl)cc2)CC1. The van der Waals surface area contributed by atoms with E-state index in [-0.39, 0.29) is 5.82 Å². The molecule has 6 heteroatoms. The van der Waals surface area contributed by atoms with E-state index in [1.807, 2.05) is 12.1 Å². The van der Waals surface area contributed by atoms with Gasteiger partial charge in [0.25, 0.3) is 0 Å². The lowest BCUT2D eigenvalue weighted by molar-refractivity contribution is -0.917. The summed E-state index contributed by atoms with van der Waals surface area (Å²) in [6.45, 7) is 4.72. The van der Waals surface area contributed by atoms with Crippen LogP contribution in [0, 0.1) is 5.82 Å². The smallest absolute Gasteiger partial charge is 0.173 e. The van der Waals surface area contributed by atoms with Crippen LogP contribution in [0.25, 0.3) is 0 Å². The summed E-state index contributed by atoms with van der Waals surface area (Å²) in [6.07, 6.45) is 0. The largest absolute Gasteiger partial charge is 0.338 e. The average Bonchev–Trinajstić information content (AvgIpc) is 2.59. The maximum atomic E-state index is 13.7. The molecule has 0 aromatic heterocycles. The summed E-state index contributed by atoms with van der Waals surface area (Å²) in [7, 11) is 0. The average molecular weight is 365 g/mol. The zero-order chi connectivity index (χ0) is 16.9. The number of piperazine rings is 1. The van der Waals surface area contributed by atoms with E-state index >= 15 is 0 Å². The van der Waals surface area contributed by atoms with Crippen molar-refractivity contribution < 1.29 is 9.29 Å². The minimum Gasteiger partial charge on any atom is -0.338 e. The van der Waals surface area contributed by atoms with Gasteiger partial charge in [-0.15, -0.1) is 0 Å². The zero-order valence-corrected chi connectivity index (χ0v) is 14.8. The maximum absolute atomic E-state index is 13.7. The number of rotatable bonds is 3. The van der Waals surface area contributed by atoms with E-state index in [1.54, 1.807) is 18.2 Å². The third kappa shape index (κ3) is 4.44. The highest BCUT2D eigenvalue weighted by molar-refractivity contribution is 7.80. The van der Waals surface area contributed by atoms with Crippen LogP contribution >= 0.6 is 23.8 Å². The normalized spacial score (nSPS) is 15.3. The molecule has 3 rings (SSSR count). The van der Waals surface area contributed by atoms with Crippen LogP contribution in [0.2, 0.25) is 5.02 Å². The standard InChI is InChI=1S/C18H19ClFN3S/c19-15-7-5-14(6-8-15)13-22-9-11-23(12-10-22)18(24)21-17-4-2-1-3-16(17)20/h1-8H,9-13H2,(H,21,24)/p+1. The second kappa shape index (κ2) is 7.92.